The van der Waals surface area contributed by atoms with Crippen molar-refractivity contribution < 1.29 is 14.3 Å². The van der Waals surface area contributed by atoms with Gasteiger partial charge in [-0.15, -0.1) is 0 Å². The molecule has 0 aliphatic carbocycles. The Hall–Kier alpha value is -1.93. The van der Waals surface area contributed by atoms with Gasteiger partial charge in [0.25, 0.3) is 0 Å². The van der Waals surface area contributed by atoms with Crippen LogP contribution in [-0.2, 0) is 6.42 Å². The molecular weight excluding hydrogens is 314 g/mol. The van der Waals surface area contributed by atoms with Gasteiger partial charge in [-0.2, -0.15) is 0 Å². The summed E-state index contributed by atoms with van der Waals surface area (Å²) in [6, 6.07) is 10.8. The summed E-state index contributed by atoms with van der Waals surface area (Å²) in [5, 5.41) is 9.80. The molecule has 0 aliphatic rings. The van der Waals surface area contributed by atoms with Crippen molar-refractivity contribution in [3.8, 4) is 17.6 Å². The molecule has 1 aromatic heterocycles. The second kappa shape index (κ2) is 8.07. The highest BCUT2D eigenvalue weighted by molar-refractivity contribution is 6.30. The number of hydrogen-bond acceptors (Lipinski definition) is 4. The molecular formula is C18H20ClNO3. The van der Waals surface area contributed by atoms with Crippen LogP contribution in [0, 0.1) is 11.8 Å². The van der Waals surface area contributed by atoms with Crippen LogP contribution in [-0.4, -0.2) is 23.9 Å². The first-order chi connectivity index (χ1) is 11.0. The van der Waals surface area contributed by atoms with Crippen molar-refractivity contribution in [1.82, 2.24) is 0 Å². The lowest BCUT2D eigenvalue weighted by atomic mass is 9.98. The van der Waals surface area contributed by atoms with Crippen LogP contribution in [0.2, 0.25) is 5.02 Å². The SMILES string of the molecule is CC(N)(CO)CCc1ccc(C#CCOc2ccc(Cl)cc2)o1. The molecule has 1 unspecified atom stereocenters. The number of benzene rings is 1. The second-order valence-electron chi connectivity index (χ2n) is 5.62. The molecule has 5 heteroatoms. The summed E-state index contributed by atoms with van der Waals surface area (Å²) >= 11 is 5.80. The normalized spacial score (nSPS) is 13.0. The van der Waals surface area contributed by atoms with Gasteiger partial charge in [-0.05, 0) is 55.7 Å². The molecule has 0 fully saturated rings. The van der Waals surface area contributed by atoms with E-state index in [0.717, 1.165) is 11.5 Å². The number of hydrogen-bond donors (Lipinski definition) is 2. The fourth-order valence-electron chi connectivity index (χ4n) is 1.84. The topological polar surface area (TPSA) is 68.6 Å². The predicted octanol–water partition coefficient (Wildman–Crippen LogP) is 3.01. The van der Waals surface area contributed by atoms with Gasteiger partial charge in [0.1, 0.15) is 18.1 Å². The van der Waals surface area contributed by atoms with Crippen molar-refractivity contribution in [3.05, 3.63) is 52.9 Å². The van der Waals surface area contributed by atoms with Gasteiger partial charge in [0, 0.05) is 17.0 Å². The first kappa shape index (κ1) is 17.4. The maximum absolute atomic E-state index is 9.13. The molecule has 1 aromatic carbocycles. The van der Waals surface area contributed by atoms with Crippen LogP contribution in [0.3, 0.4) is 0 Å². The fraction of sp³-hybridized carbons (Fsp3) is 0.333. The molecule has 3 N–H and O–H groups in total. The number of halogens is 1. The van der Waals surface area contributed by atoms with Gasteiger partial charge in [0.05, 0.1) is 6.61 Å². The van der Waals surface area contributed by atoms with Gasteiger partial charge in [0.15, 0.2) is 5.76 Å². The van der Waals surface area contributed by atoms with Crippen molar-refractivity contribution in [2.45, 2.75) is 25.3 Å². The maximum atomic E-state index is 9.13. The van der Waals surface area contributed by atoms with Crippen molar-refractivity contribution in [3.63, 3.8) is 0 Å². The number of aryl methyl sites for hydroxylation is 1. The third kappa shape index (κ3) is 5.99. The zero-order valence-electron chi connectivity index (χ0n) is 13.0. The third-order valence-electron chi connectivity index (χ3n) is 3.30. The molecule has 0 aliphatic heterocycles. The van der Waals surface area contributed by atoms with E-state index in [4.69, 9.17) is 31.6 Å². The zero-order chi connectivity index (χ0) is 16.7. The van der Waals surface area contributed by atoms with Crippen LogP contribution >= 0.6 is 11.6 Å². The van der Waals surface area contributed by atoms with E-state index in [0.29, 0.717) is 23.6 Å². The van der Waals surface area contributed by atoms with Crippen LogP contribution in [0.25, 0.3) is 0 Å². The second-order valence-corrected chi connectivity index (χ2v) is 6.06. The quantitative estimate of drug-likeness (QED) is 0.797. The molecule has 2 aromatic rings. The van der Waals surface area contributed by atoms with E-state index in [2.05, 4.69) is 11.8 Å². The lowest BCUT2D eigenvalue weighted by molar-refractivity contribution is 0.199. The van der Waals surface area contributed by atoms with E-state index in [1.807, 2.05) is 19.1 Å². The van der Waals surface area contributed by atoms with Gasteiger partial charge >= 0.3 is 0 Å². The molecule has 0 saturated heterocycles. The lowest BCUT2D eigenvalue weighted by Gasteiger charge is -2.20. The van der Waals surface area contributed by atoms with Gasteiger partial charge in [0.2, 0.25) is 0 Å². The third-order valence-corrected chi connectivity index (χ3v) is 3.55. The number of aliphatic hydroxyl groups excluding tert-OH is 1. The fourth-order valence-corrected chi connectivity index (χ4v) is 1.97. The summed E-state index contributed by atoms with van der Waals surface area (Å²) in [6.45, 7) is 2.02. The summed E-state index contributed by atoms with van der Waals surface area (Å²) in [6.07, 6.45) is 1.31. The highest BCUT2D eigenvalue weighted by Gasteiger charge is 2.17. The predicted molar refractivity (Wildman–Crippen MR) is 90.5 cm³/mol. The molecule has 1 heterocycles. The van der Waals surface area contributed by atoms with E-state index in [-0.39, 0.29) is 13.2 Å². The molecule has 0 saturated carbocycles. The molecule has 0 spiro atoms. The van der Waals surface area contributed by atoms with Crippen LogP contribution in [0.4, 0.5) is 0 Å². The number of furan rings is 1. The summed E-state index contributed by atoms with van der Waals surface area (Å²) in [5.74, 6) is 7.91. The Kier molecular flexibility index (Phi) is 6.12. The van der Waals surface area contributed by atoms with Crippen molar-refractivity contribution in [2.75, 3.05) is 13.2 Å². The van der Waals surface area contributed by atoms with E-state index < -0.39 is 5.54 Å². The zero-order valence-corrected chi connectivity index (χ0v) is 13.8. The molecule has 0 amide bonds. The largest absolute Gasteiger partial charge is 0.481 e. The molecule has 0 bridgehead atoms. The summed E-state index contributed by atoms with van der Waals surface area (Å²) < 4.78 is 11.1. The standard InChI is InChI=1S/C18H20ClNO3/c1-18(20,13-21)11-10-17-9-8-16(23-17)3-2-12-22-15-6-4-14(19)5-7-15/h4-9,21H,10-13,20H2,1H3. The van der Waals surface area contributed by atoms with E-state index in [9.17, 15) is 0 Å². The van der Waals surface area contributed by atoms with Gasteiger partial charge in [-0.25, -0.2) is 0 Å². The summed E-state index contributed by atoms with van der Waals surface area (Å²) in [5.41, 5.74) is 5.30. The Bertz CT molecular complexity index is 680. The smallest absolute Gasteiger partial charge is 0.177 e. The van der Waals surface area contributed by atoms with Crippen LogP contribution < -0.4 is 10.5 Å². The van der Waals surface area contributed by atoms with Crippen molar-refractivity contribution >= 4 is 11.6 Å². The van der Waals surface area contributed by atoms with E-state index >= 15 is 0 Å². The first-order valence-electron chi connectivity index (χ1n) is 7.34. The van der Waals surface area contributed by atoms with E-state index in [1.54, 1.807) is 24.3 Å². The van der Waals surface area contributed by atoms with Gasteiger partial charge in [-0.3, -0.25) is 0 Å². The number of aliphatic hydroxyl groups is 1. The average molecular weight is 334 g/mol. The average Bonchev–Trinajstić information content (AvgIpc) is 2.99. The van der Waals surface area contributed by atoms with Crippen molar-refractivity contribution in [2.24, 2.45) is 5.73 Å². The number of nitrogens with two attached hydrogens (primary N) is 1. The molecule has 2 rings (SSSR count). The Balaban J connectivity index is 1.81. The van der Waals surface area contributed by atoms with Crippen LogP contribution in [0.15, 0.2) is 40.8 Å². The number of ether oxygens (including phenoxy) is 1. The molecule has 1 atom stereocenters. The van der Waals surface area contributed by atoms with E-state index in [1.165, 1.54) is 0 Å². The number of rotatable bonds is 6. The highest BCUT2D eigenvalue weighted by Crippen LogP contribution is 2.15. The minimum Gasteiger partial charge on any atom is -0.481 e. The molecule has 23 heavy (non-hydrogen) atoms. The lowest BCUT2D eigenvalue weighted by Crippen LogP contribution is -2.40. The monoisotopic (exact) mass is 333 g/mol. The Morgan fingerprint density at radius 1 is 1.26 bits per heavy atom. The first-order valence-corrected chi connectivity index (χ1v) is 7.72. The van der Waals surface area contributed by atoms with Gasteiger partial charge < -0.3 is 20.0 Å². The maximum Gasteiger partial charge on any atom is 0.177 e. The molecule has 0 radical (unpaired) electrons. The Labute approximate surface area is 141 Å². The Morgan fingerprint density at radius 2 is 2.00 bits per heavy atom. The molecule has 4 nitrogen and oxygen atoms in total. The van der Waals surface area contributed by atoms with Crippen LogP contribution in [0.1, 0.15) is 24.9 Å². The van der Waals surface area contributed by atoms with Crippen molar-refractivity contribution in [1.29, 1.82) is 0 Å². The van der Waals surface area contributed by atoms with Gasteiger partial charge in [-0.1, -0.05) is 17.5 Å². The summed E-state index contributed by atoms with van der Waals surface area (Å²) in [4.78, 5) is 0. The summed E-state index contributed by atoms with van der Waals surface area (Å²) in [7, 11) is 0. The minimum absolute atomic E-state index is 0.0532. The molecule has 122 valence electrons. The minimum atomic E-state index is -0.592. The van der Waals surface area contributed by atoms with Crippen LogP contribution in [0.5, 0.6) is 5.75 Å². The Morgan fingerprint density at radius 3 is 2.70 bits per heavy atom. The highest BCUT2D eigenvalue weighted by atomic mass is 35.5.